The molecule has 0 spiro atoms. The maximum atomic E-state index is 12.1. The van der Waals surface area contributed by atoms with Gasteiger partial charge in [0.05, 0.1) is 19.3 Å². The molecular weight excluding hydrogens is 873 g/mol. The Labute approximate surface area is 445 Å². The lowest BCUT2D eigenvalue weighted by Crippen LogP contribution is -2.32. The second kappa shape index (κ2) is 33.4. The number of unbranched alkanes of at least 4 members (excludes halogenated alkanes) is 6. The number of rotatable bonds is 43. The van der Waals surface area contributed by atoms with E-state index < -0.39 is 0 Å². The topological polar surface area (TPSA) is 61.8 Å². The number of carbonyl (C=O) groups excluding carboxylic acids is 2. The fourth-order valence-electron chi connectivity index (χ4n) is 10.0. The van der Waals surface area contributed by atoms with E-state index in [9.17, 15) is 9.59 Å². The van der Waals surface area contributed by atoms with E-state index in [4.69, 9.17) is 14.2 Å². The van der Waals surface area contributed by atoms with E-state index in [0.717, 1.165) is 51.4 Å². The van der Waals surface area contributed by atoms with Gasteiger partial charge in [-0.05, 0) is 171 Å². The van der Waals surface area contributed by atoms with Crippen molar-refractivity contribution in [1.29, 1.82) is 0 Å². The number of esters is 2. The monoisotopic (exact) mass is 999 g/mol. The van der Waals surface area contributed by atoms with Crippen molar-refractivity contribution in [2.75, 3.05) is 20.3 Å². The third-order valence-electron chi connectivity index (χ3n) is 19.4. The van der Waals surface area contributed by atoms with Crippen LogP contribution in [0.4, 0.5) is 0 Å². The molecule has 0 saturated carbocycles. The average molecular weight is 1000 g/mol. The summed E-state index contributed by atoms with van der Waals surface area (Å²) in [5.41, 5.74) is 2.03. The lowest BCUT2D eigenvalue weighted by Gasteiger charge is -2.42. The van der Waals surface area contributed by atoms with Gasteiger partial charge < -0.3 is 14.2 Å². The van der Waals surface area contributed by atoms with Crippen molar-refractivity contribution < 1.29 is 23.8 Å². The molecule has 0 atom stereocenters. The molecule has 0 N–H and O–H groups in total. The van der Waals surface area contributed by atoms with Gasteiger partial charge in [0, 0.05) is 20.0 Å². The van der Waals surface area contributed by atoms with Crippen molar-refractivity contribution >= 4 is 11.9 Å². The van der Waals surface area contributed by atoms with Crippen molar-refractivity contribution in [3.63, 3.8) is 0 Å². The largest absolute Gasteiger partial charge is 0.465 e. The Morgan fingerprint density at radius 3 is 0.915 bits per heavy atom. The van der Waals surface area contributed by atoms with E-state index in [-0.39, 0.29) is 33.6 Å². The van der Waals surface area contributed by atoms with Crippen LogP contribution in [0.15, 0.2) is 24.3 Å². The Morgan fingerprint density at radius 2 is 0.620 bits per heavy atom. The van der Waals surface area contributed by atoms with E-state index in [0.29, 0.717) is 65.7 Å². The number of carbonyl (C=O) groups is 2. The van der Waals surface area contributed by atoms with Crippen molar-refractivity contribution in [3.05, 3.63) is 24.3 Å². The minimum atomic E-state index is -0.0472. The average Bonchev–Trinajstić information content (AvgIpc) is 3.25. The molecule has 0 aromatic carbocycles. The summed E-state index contributed by atoms with van der Waals surface area (Å²) in [6.07, 6.45) is 39.7. The summed E-state index contributed by atoms with van der Waals surface area (Å²) in [6.45, 7) is 48.5. The summed E-state index contributed by atoms with van der Waals surface area (Å²) in [6, 6.07) is 0. The molecule has 0 fully saturated rings. The number of hydrogen-bond donors (Lipinski definition) is 0. The van der Waals surface area contributed by atoms with Crippen LogP contribution in [-0.2, 0) is 23.8 Å². The van der Waals surface area contributed by atoms with Gasteiger partial charge in [-0.1, -0.05) is 201 Å². The van der Waals surface area contributed by atoms with Crippen LogP contribution in [0.25, 0.3) is 0 Å². The number of ether oxygens (including phenoxy) is 3. The van der Waals surface area contributed by atoms with Crippen LogP contribution in [0.3, 0.4) is 0 Å². The first kappa shape index (κ1) is 69.4. The number of hydrogen-bond acceptors (Lipinski definition) is 5. The first-order valence-electron chi connectivity index (χ1n) is 29.8. The molecule has 0 saturated heterocycles. The minimum Gasteiger partial charge on any atom is -0.465 e. The summed E-state index contributed by atoms with van der Waals surface area (Å²) >= 11 is 0. The molecule has 0 aliphatic carbocycles. The molecule has 5 heteroatoms. The fourth-order valence-corrected chi connectivity index (χ4v) is 10.0. The van der Waals surface area contributed by atoms with Crippen LogP contribution in [-0.4, -0.2) is 38.4 Å². The summed E-state index contributed by atoms with van der Waals surface area (Å²) in [5, 5.41) is 0. The Morgan fingerprint density at radius 1 is 0.352 bits per heavy atom. The highest BCUT2D eigenvalue weighted by molar-refractivity contribution is 5.69. The molecule has 71 heavy (non-hydrogen) atoms. The predicted octanol–water partition coefficient (Wildman–Crippen LogP) is 20.9. The van der Waals surface area contributed by atoms with Crippen LogP contribution >= 0.6 is 0 Å². The Bertz CT molecular complexity index is 1360. The summed E-state index contributed by atoms with van der Waals surface area (Å²) < 4.78 is 16.8. The Hall–Kier alpha value is -1.62. The molecule has 0 aliphatic rings. The molecular formula is C66H126O5. The van der Waals surface area contributed by atoms with Crippen LogP contribution in [0.1, 0.15) is 305 Å². The molecule has 0 amide bonds. The number of allylic oxidation sites excluding steroid dienone is 4. The first-order chi connectivity index (χ1) is 32.7. The van der Waals surface area contributed by atoms with Crippen LogP contribution in [0, 0.1) is 55.2 Å². The normalized spacial score (nSPS) is 14.0. The van der Waals surface area contributed by atoms with Gasteiger partial charge in [0.1, 0.15) is 0 Å². The van der Waals surface area contributed by atoms with Gasteiger partial charge in [0.2, 0.25) is 0 Å². The van der Waals surface area contributed by atoms with Gasteiger partial charge in [-0.3, -0.25) is 9.59 Å². The number of methoxy groups -OCH3 is 1. The Balaban J connectivity index is 4.46. The first-order valence-corrected chi connectivity index (χ1v) is 29.8. The predicted molar refractivity (Wildman–Crippen MR) is 311 cm³/mol. The second-order valence-corrected chi connectivity index (χ2v) is 28.8. The van der Waals surface area contributed by atoms with Crippen LogP contribution in [0.2, 0.25) is 0 Å². The van der Waals surface area contributed by atoms with Gasteiger partial charge in [-0.15, -0.1) is 0 Å². The molecule has 0 aliphatic heterocycles. The quantitative estimate of drug-likeness (QED) is 0.0346. The fraction of sp³-hybridized carbons (Fsp3) is 0.909. The van der Waals surface area contributed by atoms with Crippen molar-refractivity contribution in [1.82, 2.24) is 0 Å². The standard InChI is InChI=1S/C66H126O5/c1-54(2)52-70-57(67)42-38-50-65(17,18)63(13,14)46-34-26-22-24-32-44-59(5,6)61(9,10)48-36-28-30-40-56(69-21)41-31-29-37-49-62(11,12)60(7,8)45-33-25-23-27-35-47-64(15,16)66(19,20)51-39-43-58(68)71-53-55(3)4/h22-25,54-56H,26-53H2,1-21H3/b24-22-,25-23-. The zero-order valence-electron chi connectivity index (χ0n) is 51.9. The smallest absolute Gasteiger partial charge is 0.305 e. The molecule has 0 rings (SSSR count). The van der Waals surface area contributed by atoms with E-state index in [2.05, 4.69) is 163 Å². The molecule has 0 heterocycles. The SMILES string of the molecule is COC(CCCCCC(C)(C)C(C)(C)CC/C=C\CCCC(C)(C)C(C)(C)CCCC(=O)OCC(C)C)CCCCCC(C)(C)C(C)(C)CC/C=C\CCCC(C)(C)C(C)(C)CCCC(=O)OCC(C)C. The summed E-state index contributed by atoms with van der Waals surface area (Å²) in [5.74, 6) is 0.684. The maximum absolute atomic E-state index is 12.1. The molecule has 420 valence electrons. The third kappa shape index (κ3) is 28.7. The molecule has 0 unspecified atom stereocenters. The van der Waals surface area contributed by atoms with Gasteiger partial charge in [0.25, 0.3) is 0 Å². The highest BCUT2D eigenvalue weighted by atomic mass is 16.5. The van der Waals surface area contributed by atoms with Crippen LogP contribution in [0.5, 0.6) is 0 Å². The van der Waals surface area contributed by atoms with Crippen molar-refractivity contribution in [2.24, 2.45) is 55.2 Å². The molecule has 0 bridgehead atoms. The second-order valence-electron chi connectivity index (χ2n) is 28.8. The molecule has 0 radical (unpaired) electrons. The zero-order chi connectivity index (χ0) is 54.6. The zero-order valence-corrected chi connectivity index (χ0v) is 51.9. The molecule has 0 aromatic heterocycles. The van der Waals surface area contributed by atoms with E-state index in [1.165, 1.54) is 103 Å². The molecule has 0 aromatic rings. The van der Waals surface area contributed by atoms with E-state index in [1.54, 1.807) is 0 Å². The lowest BCUT2D eigenvalue weighted by atomic mass is 9.63. The van der Waals surface area contributed by atoms with E-state index >= 15 is 0 Å². The Kier molecular flexibility index (Phi) is 32.7. The van der Waals surface area contributed by atoms with Gasteiger partial charge in [-0.2, -0.15) is 0 Å². The highest BCUT2D eigenvalue weighted by Crippen LogP contribution is 2.49. The summed E-state index contributed by atoms with van der Waals surface area (Å²) in [4.78, 5) is 24.2. The maximum Gasteiger partial charge on any atom is 0.305 e. The van der Waals surface area contributed by atoms with Crippen molar-refractivity contribution in [3.8, 4) is 0 Å². The highest BCUT2D eigenvalue weighted by Gasteiger charge is 2.39. The lowest BCUT2D eigenvalue weighted by molar-refractivity contribution is -0.145. The van der Waals surface area contributed by atoms with Gasteiger partial charge >= 0.3 is 11.9 Å². The van der Waals surface area contributed by atoms with Crippen LogP contribution < -0.4 is 0 Å². The minimum absolute atomic E-state index is 0.0472. The summed E-state index contributed by atoms with van der Waals surface area (Å²) in [7, 11) is 1.92. The third-order valence-corrected chi connectivity index (χ3v) is 19.4. The van der Waals surface area contributed by atoms with Gasteiger partial charge in [0.15, 0.2) is 0 Å². The van der Waals surface area contributed by atoms with Crippen molar-refractivity contribution in [2.45, 2.75) is 312 Å². The molecule has 5 nitrogen and oxygen atoms in total. The van der Waals surface area contributed by atoms with Gasteiger partial charge in [-0.25, -0.2) is 0 Å². The van der Waals surface area contributed by atoms with E-state index in [1.807, 2.05) is 7.11 Å².